The first-order valence-corrected chi connectivity index (χ1v) is 10.3. The van der Waals surface area contributed by atoms with Crippen molar-refractivity contribution in [3.05, 3.63) is 63.3 Å². The van der Waals surface area contributed by atoms with Gasteiger partial charge >= 0.3 is 0 Å². The van der Waals surface area contributed by atoms with Crippen LogP contribution in [-0.4, -0.2) is 44.8 Å². The Hall–Kier alpha value is -3.20. The van der Waals surface area contributed by atoms with Gasteiger partial charge in [-0.15, -0.1) is 0 Å². The third-order valence-corrected chi connectivity index (χ3v) is 6.42. The Kier molecular flexibility index (Phi) is 4.58. The van der Waals surface area contributed by atoms with Gasteiger partial charge in [0.2, 0.25) is 5.43 Å². The highest BCUT2D eigenvalue weighted by molar-refractivity contribution is 5.99. The molecule has 162 valence electrons. The molecule has 3 heterocycles. The van der Waals surface area contributed by atoms with Gasteiger partial charge in [-0.05, 0) is 43.9 Å². The number of nitrogens with one attached hydrogen (secondary N) is 1. The highest BCUT2D eigenvalue weighted by Crippen LogP contribution is 2.38. The van der Waals surface area contributed by atoms with E-state index in [-0.39, 0.29) is 29.9 Å². The second kappa shape index (κ2) is 7.19. The number of hydrogen-bond donors (Lipinski definition) is 2. The Balaban J connectivity index is 1.45. The molecule has 5 rings (SSSR count). The molecule has 2 fully saturated rings. The summed E-state index contributed by atoms with van der Waals surface area (Å²) in [5.74, 6) is -2.27. The molecule has 2 bridgehead atoms. The molecule has 1 saturated carbocycles. The molecule has 8 nitrogen and oxygen atoms in total. The molecule has 2 aromatic rings. The zero-order valence-electron chi connectivity index (χ0n) is 16.9. The first-order chi connectivity index (χ1) is 14.8. The maximum atomic E-state index is 13.1. The van der Waals surface area contributed by atoms with Gasteiger partial charge < -0.3 is 24.6 Å². The molecule has 1 aromatic heterocycles. The highest BCUT2D eigenvalue weighted by atomic mass is 19.1. The third kappa shape index (κ3) is 3.20. The van der Waals surface area contributed by atoms with E-state index >= 15 is 0 Å². The van der Waals surface area contributed by atoms with Crippen molar-refractivity contribution < 1.29 is 23.8 Å². The fourth-order valence-corrected chi connectivity index (χ4v) is 4.82. The topological polar surface area (TPSA) is 101 Å². The molecule has 9 heteroatoms. The Morgan fingerprint density at radius 3 is 2.74 bits per heavy atom. The van der Waals surface area contributed by atoms with Crippen LogP contribution in [0.25, 0.3) is 0 Å². The monoisotopic (exact) mass is 427 g/mol. The summed E-state index contributed by atoms with van der Waals surface area (Å²) in [5.41, 5.74) is -0.619. The fourth-order valence-electron chi connectivity index (χ4n) is 4.82. The molecule has 1 aliphatic carbocycles. The number of pyridine rings is 1. The Morgan fingerprint density at radius 1 is 1.26 bits per heavy atom. The number of fused-ring (bicyclic) bond motifs is 5. The number of hydrogen-bond acceptors (Lipinski definition) is 5. The lowest BCUT2D eigenvalue weighted by Crippen LogP contribution is -2.57. The number of rotatable bonds is 3. The largest absolute Gasteiger partial charge is 0.503 e. The third-order valence-electron chi connectivity index (χ3n) is 6.42. The van der Waals surface area contributed by atoms with Crippen molar-refractivity contribution in [2.75, 3.05) is 0 Å². The number of aromatic hydroxyl groups is 1. The summed E-state index contributed by atoms with van der Waals surface area (Å²) in [6.07, 6.45) is 3.39. The predicted octanol–water partition coefficient (Wildman–Crippen LogP) is 1.92. The number of benzene rings is 1. The minimum absolute atomic E-state index is 0.0408. The van der Waals surface area contributed by atoms with E-state index in [9.17, 15) is 23.9 Å². The van der Waals surface area contributed by atoms with E-state index in [1.807, 2.05) is 0 Å². The van der Waals surface area contributed by atoms with Crippen molar-refractivity contribution in [1.82, 2.24) is 14.8 Å². The maximum Gasteiger partial charge on any atom is 0.276 e. The van der Waals surface area contributed by atoms with Crippen molar-refractivity contribution in [3.63, 3.8) is 0 Å². The summed E-state index contributed by atoms with van der Waals surface area (Å²) in [4.78, 5) is 40.2. The molecule has 2 unspecified atom stereocenters. The SMILES string of the molecule is C[C@H](NC(=O)c1cn2c(c(O)c1=O)C(=O)N1C3CCC(C3)O[C@@H]1C2)c1ccc(F)cc1. The van der Waals surface area contributed by atoms with Crippen LogP contribution in [0.3, 0.4) is 0 Å². The Morgan fingerprint density at radius 2 is 2.00 bits per heavy atom. The standard InChI is InChI=1S/C22H22FN3O5/c1-11(12-2-4-13(23)5-3-12)24-21(29)16-9-25-10-17-26(14-6-7-15(8-14)31-17)22(30)18(25)20(28)19(16)27/h2-5,9,11,14-15,17,28H,6-8,10H2,1H3,(H,24,29)/t11-,14?,15?,17+/m0/s1. The molecule has 2 N–H and O–H groups in total. The minimum atomic E-state index is -0.899. The van der Waals surface area contributed by atoms with Gasteiger partial charge in [0.05, 0.1) is 18.7 Å². The lowest BCUT2D eigenvalue weighted by atomic mass is 10.1. The van der Waals surface area contributed by atoms with Crippen molar-refractivity contribution >= 4 is 11.8 Å². The van der Waals surface area contributed by atoms with Crippen molar-refractivity contribution in [2.45, 2.75) is 57.1 Å². The number of ether oxygens (including phenoxy) is 1. The van der Waals surface area contributed by atoms with Gasteiger partial charge in [0.1, 0.15) is 11.4 Å². The van der Waals surface area contributed by atoms with Crippen LogP contribution >= 0.6 is 0 Å². The minimum Gasteiger partial charge on any atom is -0.503 e. The molecule has 31 heavy (non-hydrogen) atoms. The van der Waals surface area contributed by atoms with Crippen molar-refractivity contribution in [2.24, 2.45) is 0 Å². The zero-order valence-corrected chi connectivity index (χ0v) is 16.9. The van der Waals surface area contributed by atoms with Crippen LogP contribution in [0.4, 0.5) is 4.39 Å². The molecule has 0 radical (unpaired) electrons. The van der Waals surface area contributed by atoms with E-state index < -0.39 is 41.1 Å². The lowest BCUT2D eigenvalue weighted by molar-refractivity contribution is -0.132. The summed E-state index contributed by atoms with van der Waals surface area (Å²) in [7, 11) is 0. The van der Waals surface area contributed by atoms with Crippen LogP contribution in [0.15, 0.2) is 35.3 Å². The van der Waals surface area contributed by atoms with Gasteiger partial charge in [0, 0.05) is 12.2 Å². The van der Waals surface area contributed by atoms with Gasteiger partial charge in [-0.3, -0.25) is 14.4 Å². The molecule has 2 aliphatic heterocycles. The van der Waals surface area contributed by atoms with Crippen molar-refractivity contribution in [3.8, 4) is 5.75 Å². The van der Waals surface area contributed by atoms with Gasteiger partial charge in [-0.2, -0.15) is 0 Å². The normalized spacial score (nSPS) is 25.0. The number of halogens is 1. The second-order valence-corrected chi connectivity index (χ2v) is 8.36. The first kappa shape index (κ1) is 19.7. The van der Waals surface area contributed by atoms with Gasteiger partial charge in [-0.1, -0.05) is 12.1 Å². The Bertz CT molecular complexity index is 1130. The van der Waals surface area contributed by atoms with Gasteiger partial charge in [-0.25, -0.2) is 4.39 Å². The van der Waals surface area contributed by atoms with E-state index in [0.29, 0.717) is 5.56 Å². The molecule has 0 spiro atoms. The molecule has 4 atom stereocenters. The first-order valence-electron chi connectivity index (χ1n) is 10.3. The molecule has 3 aliphatic rings. The molecule has 1 saturated heterocycles. The van der Waals surface area contributed by atoms with Crippen LogP contribution in [0.1, 0.15) is 58.6 Å². The summed E-state index contributed by atoms with van der Waals surface area (Å²) >= 11 is 0. The molecular weight excluding hydrogens is 405 g/mol. The number of carbonyl (C=O) groups excluding carboxylic acids is 2. The van der Waals surface area contributed by atoms with Crippen LogP contribution in [0.2, 0.25) is 0 Å². The van der Waals surface area contributed by atoms with Crippen LogP contribution in [0, 0.1) is 5.82 Å². The summed E-state index contributed by atoms with van der Waals surface area (Å²) in [5, 5.41) is 13.2. The van der Waals surface area contributed by atoms with E-state index in [1.165, 1.54) is 22.9 Å². The van der Waals surface area contributed by atoms with Gasteiger partial charge in [0.15, 0.2) is 17.7 Å². The van der Waals surface area contributed by atoms with E-state index in [0.717, 1.165) is 19.3 Å². The highest BCUT2D eigenvalue weighted by Gasteiger charge is 2.47. The smallest absolute Gasteiger partial charge is 0.276 e. The van der Waals surface area contributed by atoms with Crippen LogP contribution < -0.4 is 10.7 Å². The second-order valence-electron chi connectivity index (χ2n) is 8.36. The van der Waals surface area contributed by atoms with Crippen molar-refractivity contribution in [1.29, 1.82) is 0 Å². The zero-order chi connectivity index (χ0) is 21.9. The number of carbonyl (C=O) groups is 2. The molecular formula is C22H22FN3O5. The van der Waals surface area contributed by atoms with Gasteiger partial charge in [0.25, 0.3) is 11.8 Å². The molecule has 2 amide bonds. The number of aromatic nitrogens is 1. The summed E-state index contributed by atoms with van der Waals surface area (Å²) in [6.45, 7) is 1.93. The molecule has 1 aromatic carbocycles. The number of nitrogens with zero attached hydrogens (tertiary/aromatic N) is 2. The quantitative estimate of drug-likeness (QED) is 0.780. The van der Waals surface area contributed by atoms with E-state index in [2.05, 4.69) is 5.32 Å². The fraction of sp³-hybridized carbons (Fsp3) is 0.409. The predicted molar refractivity (Wildman–Crippen MR) is 107 cm³/mol. The summed E-state index contributed by atoms with van der Waals surface area (Å²) < 4.78 is 20.6. The Labute approximate surface area is 177 Å². The maximum absolute atomic E-state index is 13.1. The van der Waals surface area contributed by atoms with Crippen LogP contribution in [0.5, 0.6) is 5.75 Å². The van der Waals surface area contributed by atoms with Crippen LogP contribution in [-0.2, 0) is 11.3 Å². The van der Waals surface area contributed by atoms with E-state index in [1.54, 1.807) is 24.0 Å². The average Bonchev–Trinajstić information content (AvgIpc) is 3.11. The lowest BCUT2D eigenvalue weighted by Gasteiger charge is -2.44. The average molecular weight is 427 g/mol. The number of amides is 2. The summed E-state index contributed by atoms with van der Waals surface area (Å²) in [6, 6.07) is 5.20. The van der Waals surface area contributed by atoms with E-state index in [4.69, 9.17) is 4.74 Å².